The molecule has 0 aliphatic rings. The third-order valence-electron chi connectivity index (χ3n) is 9.22. The molecule has 0 fully saturated rings. The maximum atomic E-state index is 14.5. The highest BCUT2D eigenvalue weighted by atomic mass is 35.5. The zero-order valence-corrected chi connectivity index (χ0v) is 32.7. The van der Waals surface area contributed by atoms with Crippen molar-refractivity contribution in [2.45, 2.75) is 26.0 Å². The number of ether oxygens (including phenoxy) is 2. The number of aliphatic carboxylic acids is 1. The molecule has 3 heterocycles. The number of likely N-dealkylation sites (N-methyl/N-ethyl adjacent to an activating group) is 1. The first kappa shape index (κ1) is 39.2. The van der Waals surface area contributed by atoms with E-state index in [9.17, 15) is 18.7 Å². The summed E-state index contributed by atoms with van der Waals surface area (Å²) in [6.07, 6.45) is 2.94. The van der Waals surface area contributed by atoms with Gasteiger partial charge in [0.05, 0.1) is 21.7 Å². The molecule has 7 aromatic rings. The molecule has 0 saturated heterocycles. The van der Waals surface area contributed by atoms with Crippen LogP contribution in [0.25, 0.3) is 43.2 Å². The van der Waals surface area contributed by atoms with Gasteiger partial charge in [0.1, 0.15) is 59.4 Å². The first-order valence-corrected chi connectivity index (χ1v) is 19.1. The summed E-state index contributed by atoms with van der Waals surface area (Å²) in [5, 5.41) is 14.8. The SMILES string of the molecule is Cc1c(-c2c(-c3ccc(F)cc3)sc3ncnc(N[C@H](Cc4ccccc4OCc4ccnc(-c5ccccc5F)n4)C(=O)O)c23)ccc(OCCN(C)C)c1Cl. The van der Waals surface area contributed by atoms with Gasteiger partial charge in [0.15, 0.2) is 5.82 Å². The van der Waals surface area contributed by atoms with E-state index in [-0.39, 0.29) is 30.2 Å². The fourth-order valence-electron chi connectivity index (χ4n) is 6.28. The minimum absolute atomic E-state index is 0.0232. The van der Waals surface area contributed by atoms with Crippen molar-refractivity contribution in [3.63, 3.8) is 0 Å². The highest BCUT2D eigenvalue weighted by Gasteiger charge is 2.27. The highest BCUT2D eigenvalue weighted by Crippen LogP contribution is 2.49. The zero-order chi connectivity index (χ0) is 40.1. The molecule has 14 heteroatoms. The Bertz CT molecular complexity index is 2550. The summed E-state index contributed by atoms with van der Waals surface area (Å²) in [7, 11) is 3.92. The molecule has 1 atom stereocenters. The molecule has 290 valence electrons. The van der Waals surface area contributed by atoms with Crippen LogP contribution in [0.3, 0.4) is 0 Å². The highest BCUT2D eigenvalue weighted by molar-refractivity contribution is 7.22. The van der Waals surface area contributed by atoms with Gasteiger partial charge in [0.2, 0.25) is 0 Å². The lowest BCUT2D eigenvalue weighted by Gasteiger charge is -2.19. The van der Waals surface area contributed by atoms with Crippen LogP contribution in [0.1, 0.15) is 16.8 Å². The topological polar surface area (TPSA) is 123 Å². The molecule has 0 bridgehead atoms. The van der Waals surface area contributed by atoms with Gasteiger partial charge in [0.25, 0.3) is 0 Å². The molecule has 3 aromatic heterocycles. The van der Waals surface area contributed by atoms with Crippen molar-refractivity contribution < 1.29 is 28.2 Å². The van der Waals surface area contributed by atoms with Gasteiger partial charge < -0.3 is 24.8 Å². The first-order chi connectivity index (χ1) is 27.6. The molecular weight excluding hydrogens is 770 g/mol. The number of hydrogen-bond acceptors (Lipinski definition) is 10. The largest absolute Gasteiger partial charge is 0.491 e. The summed E-state index contributed by atoms with van der Waals surface area (Å²) < 4.78 is 40.7. The first-order valence-electron chi connectivity index (χ1n) is 17.9. The molecule has 0 amide bonds. The van der Waals surface area contributed by atoms with Crippen LogP contribution < -0.4 is 14.8 Å². The van der Waals surface area contributed by atoms with E-state index < -0.39 is 17.8 Å². The monoisotopic (exact) mass is 806 g/mol. The number of thiophene rings is 1. The van der Waals surface area contributed by atoms with E-state index in [4.69, 9.17) is 21.1 Å². The van der Waals surface area contributed by atoms with Crippen LogP contribution in [-0.4, -0.2) is 69.2 Å². The lowest BCUT2D eigenvalue weighted by atomic mass is 9.95. The maximum absolute atomic E-state index is 14.5. The van der Waals surface area contributed by atoms with Gasteiger partial charge >= 0.3 is 5.97 Å². The van der Waals surface area contributed by atoms with E-state index >= 15 is 0 Å². The number of anilines is 1. The number of para-hydroxylation sites is 1. The van der Waals surface area contributed by atoms with E-state index in [1.807, 2.05) is 38.1 Å². The molecule has 57 heavy (non-hydrogen) atoms. The molecule has 0 spiro atoms. The van der Waals surface area contributed by atoms with Gasteiger partial charge in [-0.05, 0) is 85.7 Å². The van der Waals surface area contributed by atoms with Crippen LogP contribution in [0.15, 0.2) is 104 Å². The van der Waals surface area contributed by atoms with Gasteiger partial charge in [-0.25, -0.2) is 33.5 Å². The number of fused-ring (bicyclic) bond motifs is 1. The van der Waals surface area contributed by atoms with Gasteiger partial charge in [-0.3, -0.25) is 0 Å². The summed E-state index contributed by atoms with van der Waals surface area (Å²) in [6, 6.07) is 23.8. The Morgan fingerprint density at radius 2 is 1.68 bits per heavy atom. The summed E-state index contributed by atoms with van der Waals surface area (Å²) >= 11 is 8.32. The molecule has 4 aromatic carbocycles. The Labute approximate surface area is 336 Å². The summed E-state index contributed by atoms with van der Waals surface area (Å²) in [6.45, 7) is 3.07. The van der Waals surface area contributed by atoms with Crippen molar-refractivity contribution in [1.29, 1.82) is 0 Å². The average Bonchev–Trinajstić information content (AvgIpc) is 3.59. The van der Waals surface area contributed by atoms with Gasteiger partial charge in [-0.15, -0.1) is 11.3 Å². The number of halogens is 3. The van der Waals surface area contributed by atoms with Crippen LogP contribution in [-0.2, 0) is 17.8 Å². The molecule has 0 aliphatic carbocycles. The molecule has 7 rings (SSSR count). The minimum Gasteiger partial charge on any atom is -0.491 e. The van der Waals surface area contributed by atoms with Gasteiger partial charge in [-0.2, -0.15) is 0 Å². The number of benzene rings is 4. The lowest BCUT2D eigenvalue weighted by molar-refractivity contribution is -0.137. The molecule has 0 unspecified atom stereocenters. The number of carbonyl (C=O) groups is 1. The maximum Gasteiger partial charge on any atom is 0.326 e. The van der Waals surface area contributed by atoms with Crippen LogP contribution >= 0.6 is 22.9 Å². The van der Waals surface area contributed by atoms with Crippen molar-refractivity contribution in [2.24, 2.45) is 0 Å². The fourth-order valence-corrected chi connectivity index (χ4v) is 7.67. The Morgan fingerprint density at radius 3 is 2.46 bits per heavy atom. The van der Waals surface area contributed by atoms with Crippen molar-refractivity contribution >= 4 is 44.9 Å². The van der Waals surface area contributed by atoms with E-state index in [1.165, 1.54) is 42.1 Å². The second-order valence-electron chi connectivity index (χ2n) is 13.4. The number of carboxylic acid groups (broad SMARTS) is 1. The summed E-state index contributed by atoms with van der Waals surface area (Å²) in [5.74, 6) is -0.407. The number of carboxylic acids is 1. The average molecular weight is 807 g/mol. The smallest absolute Gasteiger partial charge is 0.326 e. The minimum atomic E-state index is -1.15. The Morgan fingerprint density at radius 1 is 0.912 bits per heavy atom. The number of nitrogens with one attached hydrogen (secondary N) is 1. The molecular formula is C43H37ClF2N6O4S. The van der Waals surface area contributed by atoms with Gasteiger partial charge in [-0.1, -0.05) is 60.1 Å². The number of rotatable bonds is 15. The second kappa shape index (κ2) is 17.4. The number of aromatic nitrogens is 4. The predicted molar refractivity (Wildman–Crippen MR) is 219 cm³/mol. The van der Waals surface area contributed by atoms with Crippen LogP contribution in [0.5, 0.6) is 11.5 Å². The van der Waals surface area contributed by atoms with Crippen molar-refractivity contribution in [3.05, 3.63) is 137 Å². The van der Waals surface area contributed by atoms with Crippen molar-refractivity contribution in [1.82, 2.24) is 24.8 Å². The number of hydrogen-bond donors (Lipinski definition) is 2. The predicted octanol–water partition coefficient (Wildman–Crippen LogP) is 9.35. The quantitative estimate of drug-likeness (QED) is 0.104. The number of nitrogens with zero attached hydrogens (tertiary/aromatic N) is 5. The second-order valence-corrected chi connectivity index (χ2v) is 14.8. The van der Waals surface area contributed by atoms with E-state index in [0.29, 0.717) is 57.0 Å². The van der Waals surface area contributed by atoms with Crippen molar-refractivity contribution in [3.8, 4) is 44.5 Å². The van der Waals surface area contributed by atoms with Crippen molar-refractivity contribution in [2.75, 3.05) is 32.6 Å². The molecule has 0 aliphatic heterocycles. The van der Waals surface area contributed by atoms with Crippen LogP contribution in [0.2, 0.25) is 5.02 Å². The lowest BCUT2D eigenvalue weighted by Crippen LogP contribution is -2.32. The zero-order valence-electron chi connectivity index (χ0n) is 31.2. The summed E-state index contributed by atoms with van der Waals surface area (Å²) in [4.78, 5) is 34.2. The van der Waals surface area contributed by atoms with Crippen LogP contribution in [0, 0.1) is 18.6 Å². The van der Waals surface area contributed by atoms with E-state index in [0.717, 1.165) is 27.1 Å². The Kier molecular flexibility index (Phi) is 12.0. The Balaban J connectivity index is 1.22. The van der Waals surface area contributed by atoms with E-state index in [1.54, 1.807) is 60.7 Å². The van der Waals surface area contributed by atoms with Gasteiger partial charge in [0, 0.05) is 29.6 Å². The van der Waals surface area contributed by atoms with E-state index in [2.05, 4.69) is 25.3 Å². The fraction of sp³-hybridized carbons (Fsp3) is 0.186. The molecule has 2 N–H and O–H groups in total. The third-order valence-corrected chi connectivity index (χ3v) is 10.8. The molecule has 0 saturated carbocycles. The van der Waals surface area contributed by atoms with Crippen LogP contribution in [0.4, 0.5) is 14.6 Å². The Hall–Kier alpha value is -6.02. The third kappa shape index (κ3) is 8.86. The standard InChI is InChI=1S/C43H37ClF2N6O4S/c1-25-30(16-17-35(38(25)44)55-21-20-52(2)3)36-37-41(48-24-49-42(37)57-39(36)26-12-14-28(45)15-13-26)51-33(43(53)54)22-27-8-4-7-11-34(27)56-23-29-18-19-47-40(50-29)31-9-5-6-10-32(31)46/h4-19,24,33H,20-23H2,1-3H3,(H,53,54)(H,48,49,51)/t33-/m1/s1. The molecule has 10 nitrogen and oxygen atoms in total. The molecule has 0 radical (unpaired) electrons. The summed E-state index contributed by atoms with van der Waals surface area (Å²) in [5.41, 5.74) is 4.37. The normalized spacial score (nSPS) is 11.8.